The van der Waals surface area contributed by atoms with Crippen LogP contribution >= 0.6 is 11.3 Å². The summed E-state index contributed by atoms with van der Waals surface area (Å²) in [6, 6.07) is 11.7. The topological polar surface area (TPSA) is 49.4 Å². The number of hydrogen-bond acceptors (Lipinski definition) is 4. The van der Waals surface area contributed by atoms with Crippen LogP contribution in [-0.4, -0.2) is 42.3 Å². The number of ketones is 1. The fraction of sp³-hybridized carbons (Fsp3) is 0.400. The summed E-state index contributed by atoms with van der Waals surface area (Å²) in [5, 5.41) is 3.24. The molecule has 1 unspecified atom stereocenters. The molecule has 0 aliphatic carbocycles. The molecule has 1 aromatic heterocycles. The summed E-state index contributed by atoms with van der Waals surface area (Å²) in [6.07, 6.45) is 2.39. The highest BCUT2D eigenvalue weighted by atomic mass is 32.1. The number of fused-ring (bicyclic) bond motifs is 3. The Labute approximate surface area is 151 Å². The van der Waals surface area contributed by atoms with E-state index in [9.17, 15) is 9.59 Å². The first-order valence-electron chi connectivity index (χ1n) is 8.84. The molecule has 3 aliphatic rings. The van der Waals surface area contributed by atoms with Crippen molar-refractivity contribution in [3.63, 3.8) is 0 Å². The first-order chi connectivity index (χ1) is 12.1. The molecule has 3 fully saturated rings. The van der Waals surface area contributed by atoms with E-state index in [-0.39, 0.29) is 17.7 Å². The first kappa shape index (κ1) is 16.5. The Kier molecular flexibility index (Phi) is 4.44. The van der Waals surface area contributed by atoms with E-state index in [0.717, 1.165) is 21.9 Å². The van der Waals surface area contributed by atoms with E-state index >= 15 is 0 Å². The minimum Gasteiger partial charge on any atom is -0.347 e. The zero-order valence-electron chi connectivity index (χ0n) is 14.3. The molecule has 3 aliphatic heterocycles. The van der Waals surface area contributed by atoms with Crippen LogP contribution < -0.4 is 5.32 Å². The van der Waals surface area contributed by atoms with Gasteiger partial charge in [-0.25, -0.2) is 0 Å². The number of nitrogens with one attached hydrogen (secondary N) is 1. The predicted octanol–water partition coefficient (Wildman–Crippen LogP) is 3.44. The molecule has 130 valence electrons. The number of hydrogen-bond donors (Lipinski definition) is 1. The van der Waals surface area contributed by atoms with Crippen LogP contribution in [0.4, 0.5) is 0 Å². The highest BCUT2D eigenvalue weighted by molar-refractivity contribution is 7.17. The van der Waals surface area contributed by atoms with Gasteiger partial charge in [-0.1, -0.05) is 18.2 Å². The smallest absolute Gasteiger partial charge is 0.261 e. The summed E-state index contributed by atoms with van der Waals surface area (Å²) in [6.45, 7) is 4.90. The maximum absolute atomic E-state index is 12.6. The normalized spacial score (nSPS) is 24.9. The van der Waals surface area contributed by atoms with Crippen molar-refractivity contribution in [1.82, 2.24) is 10.2 Å². The van der Waals surface area contributed by atoms with Crippen molar-refractivity contribution in [2.45, 2.75) is 25.8 Å². The molecule has 2 bridgehead atoms. The number of thiophene rings is 1. The molecule has 1 aromatic carbocycles. The van der Waals surface area contributed by atoms with E-state index in [1.807, 2.05) is 36.4 Å². The Morgan fingerprint density at radius 1 is 1.16 bits per heavy atom. The standard InChI is InChI=1S/C20H22N2O2S/c1-13(23)15-3-2-4-16(11-15)18-5-6-19(25-18)20(24)21-17-12-22-9-7-14(17)8-10-22/h2-6,11,14,17H,7-10,12H2,1H3,(H,21,24). The van der Waals surface area contributed by atoms with Crippen molar-refractivity contribution in [3.05, 3.63) is 46.8 Å². The van der Waals surface area contributed by atoms with Crippen LogP contribution in [-0.2, 0) is 0 Å². The molecule has 0 radical (unpaired) electrons. The van der Waals surface area contributed by atoms with Gasteiger partial charge < -0.3 is 10.2 Å². The van der Waals surface area contributed by atoms with Crippen molar-refractivity contribution in [2.24, 2.45) is 5.92 Å². The lowest BCUT2D eigenvalue weighted by atomic mass is 9.84. The second-order valence-electron chi connectivity index (χ2n) is 7.02. The average Bonchev–Trinajstić information content (AvgIpc) is 3.13. The number of amides is 1. The highest BCUT2D eigenvalue weighted by Crippen LogP contribution is 2.30. The summed E-state index contributed by atoms with van der Waals surface area (Å²) < 4.78 is 0. The SMILES string of the molecule is CC(=O)c1cccc(-c2ccc(C(=O)NC3CN4CCC3CC4)s2)c1. The molecule has 25 heavy (non-hydrogen) atoms. The van der Waals surface area contributed by atoms with Gasteiger partial charge in [0.2, 0.25) is 0 Å². The lowest BCUT2D eigenvalue weighted by Crippen LogP contribution is -2.57. The van der Waals surface area contributed by atoms with E-state index < -0.39 is 0 Å². The van der Waals surface area contributed by atoms with Gasteiger partial charge in [-0.3, -0.25) is 9.59 Å². The largest absolute Gasteiger partial charge is 0.347 e. The average molecular weight is 354 g/mol. The van der Waals surface area contributed by atoms with Crippen LogP contribution in [0.5, 0.6) is 0 Å². The third kappa shape index (κ3) is 3.39. The minimum atomic E-state index is 0.0257. The molecule has 0 saturated carbocycles. The molecule has 5 rings (SSSR count). The Balaban J connectivity index is 1.48. The Bertz CT molecular complexity index is 806. The summed E-state index contributed by atoms with van der Waals surface area (Å²) >= 11 is 1.49. The molecular formula is C20H22N2O2S. The van der Waals surface area contributed by atoms with E-state index in [1.54, 1.807) is 6.92 Å². The van der Waals surface area contributed by atoms with Crippen molar-refractivity contribution in [2.75, 3.05) is 19.6 Å². The quantitative estimate of drug-likeness (QED) is 0.856. The Morgan fingerprint density at radius 2 is 1.96 bits per heavy atom. The fourth-order valence-corrected chi connectivity index (χ4v) is 4.78. The summed E-state index contributed by atoms with van der Waals surface area (Å²) in [5.74, 6) is 0.706. The van der Waals surface area contributed by atoms with Gasteiger partial charge in [0.1, 0.15) is 0 Å². The number of carbonyl (C=O) groups excluding carboxylic acids is 2. The van der Waals surface area contributed by atoms with Gasteiger partial charge in [-0.05, 0) is 62.5 Å². The third-order valence-corrected chi connectivity index (χ3v) is 6.49. The van der Waals surface area contributed by atoms with Gasteiger partial charge >= 0.3 is 0 Å². The summed E-state index contributed by atoms with van der Waals surface area (Å²) in [7, 11) is 0. The first-order valence-corrected chi connectivity index (χ1v) is 9.66. The van der Waals surface area contributed by atoms with Crippen LogP contribution in [0, 0.1) is 5.92 Å². The van der Waals surface area contributed by atoms with Gasteiger partial charge in [0, 0.05) is 23.0 Å². The second-order valence-corrected chi connectivity index (χ2v) is 8.10. The number of Topliss-reactive ketones (excluding diaryl/α,β-unsaturated/α-hetero) is 1. The zero-order valence-corrected chi connectivity index (χ0v) is 15.1. The maximum Gasteiger partial charge on any atom is 0.261 e. The summed E-state index contributed by atoms with van der Waals surface area (Å²) in [5.41, 5.74) is 1.68. The zero-order chi connectivity index (χ0) is 17.4. The van der Waals surface area contributed by atoms with Crippen LogP contribution in [0.25, 0.3) is 10.4 Å². The molecule has 4 nitrogen and oxygen atoms in total. The monoisotopic (exact) mass is 354 g/mol. The molecule has 1 atom stereocenters. The van der Waals surface area contributed by atoms with E-state index in [2.05, 4.69) is 10.2 Å². The molecule has 3 saturated heterocycles. The van der Waals surface area contributed by atoms with E-state index in [1.165, 1.54) is 37.3 Å². The summed E-state index contributed by atoms with van der Waals surface area (Å²) in [4.78, 5) is 28.4. The third-order valence-electron chi connectivity index (χ3n) is 5.36. The molecule has 2 aromatic rings. The molecular weight excluding hydrogens is 332 g/mol. The molecule has 5 heteroatoms. The lowest BCUT2D eigenvalue weighted by molar-refractivity contribution is 0.0622. The molecule has 1 amide bonds. The number of rotatable bonds is 4. The minimum absolute atomic E-state index is 0.0257. The number of benzene rings is 1. The highest BCUT2D eigenvalue weighted by Gasteiger charge is 2.35. The van der Waals surface area contributed by atoms with Crippen molar-refractivity contribution >= 4 is 23.0 Å². The molecule has 0 spiro atoms. The van der Waals surface area contributed by atoms with Gasteiger partial charge in [0.05, 0.1) is 4.88 Å². The van der Waals surface area contributed by atoms with Gasteiger partial charge in [0.25, 0.3) is 5.91 Å². The molecule has 4 heterocycles. The Morgan fingerprint density at radius 3 is 2.64 bits per heavy atom. The lowest BCUT2D eigenvalue weighted by Gasteiger charge is -2.44. The fourth-order valence-electron chi connectivity index (χ4n) is 3.87. The van der Waals surface area contributed by atoms with Gasteiger partial charge in [0.15, 0.2) is 5.78 Å². The van der Waals surface area contributed by atoms with E-state index in [4.69, 9.17) is 0 Å². The van der Waals surface area contributed by atoms with E-state index in [0.29, 0.717) is 11.5 Å². The van der Waals surface area contributed by atoms with Crippen molar-refractivity contribution in [3.8, 4) is 10.4 Å². The second kappa shape index (κ2) is 6.73. The molecule has 1 N–H and O–H groups in total. The van der Waals surface area contributed by atoms with Gasteiger partial charge in [-0.15, -0.1) is 11.3 Å². The van der Waals surface area contributed by atoms with Crippen LogP contribution in [0.2, 0.25) is 0 Å². The number of carbonyl (C=O) groups is 2. The van der Waals surface area contributed by atoms with Crippen LogP contribution in [0.3, 0.4) is 0 Å². The van der Waals surface area contributed by atoms with Crippen molar-refractivity contribution in [1.29, 1.82) is 0 Å². The van der Waals surface area contributed by atoms with Crippen LogP contribution in [0.1, 0.15) is 39.8 Å². The number of nitrogens with zero attached hydrogens (tertiary/aromatic N) is 1. The Hall–Kier alpha value is -1.98. The van der Waals surface area contributed by atoms with Gasteiger partial charge in [-0.2, -0.15) is 0 Å². The predicted molar refractivity (Wildman–Crippen MR) is 100 cm³/mol. The maximum atomic E-state index is 12.6. The number of piperidine rings is 3. The van der Waals surface area contributed by atoms with Crippen molar-refractivity contribution < 1.29 is 9.59 Å². The van der Waals surface area contributed by atoms with Crippen LogP contribution in [0.15, 0.2) is 36.4 Å².